The number of aliphatic hydroxyl groups is 4. The lowest BCUT2D eigenvalue weighted by Gasteiger charge is -2.49. The molecule has 0 aromatic carbocycles. The predicted octanol–water partition coefficient (Wildman–Crippen LogP) is -5.34. The summed E-state index contributed by atoms with van der Waals surface area (Å²) >= 11 is 0. The molecule has 4 fully saturated rings. The van der Waals surface area contributed by atoms with Crippen LogP contribution in [-0.4, -0.2) is 143 Å². The van der Waals surface area contributed by atoms with Crippen molar-refractivity contribution in [3.05, 3.63) is 11.8 Å². The van der Waals surface area contributed by atoms with Crippen molar-refractivity contribution in [2.24, 2.45) is 28.9 Å². The molecule has 2 aliphatic heterocycles. The molecule has 13 atom stereocenters. The Labute approximate surface area is 273 Å². The number of hydrogen-bond acceptors (Lipinski definition) is 15. The molecule has 0 radical (unpaired) electrons. The Bertz CT molecular complexity index is 1160. The third kappa shape index (κ3) is 7.84. The first-order chi connectivity index (χ1) is 22.2. The number of nitrogens with two attached hydrogens (primary N) is 4. The molecule has 0 aromatic heterocycles. The summed E-state index contributed by atoms with van der Waals surface area (Å²) in [5.41, 5.74) is 20.5. The summed E-state index contributed by atoms with van der Waals surface area (Å²) in [6.07, 6.45) is -2.98. The van der Waals surface area contributed by atoms with E-state index < -0.39 is 84.2 Å². The van der Waals surface area contributed by atoms with Gasteiger partial charge in [0.2, 0.25) is 6.29 Å². The number of likely N-dealkylation sites (N-methyl/N-ethyl adjacent to an activating group) is 1. The van der Waals surface area contributed by atoms with E-state index in [1.807, 2.05) is 6.08 Å². The molecular formula is C29H53N9O9. The van der Waals surface area contributed by atoms with Crippen LogP contribution in [-0.2, 0) is 23.7 Å². The van der Waals surface area contributed by atoms with Crippen molar-refractivity contribution in [3.8, 4) is 0 Å². The van der Waals surface area contributed by atoms with Crippen LogP contribution in [0.4, 0.5) is 0 Å². The molecule has 5 rings (SSSR count). The first-order valence-electron chi connectivity index (χ1n) is 16.3. The molecule has 18 nitrogen and oxygen atoms in total. The third-order valence-corrected chi connectivity index (χ3v) is 10.1. The minimum Gasteiger partial charge on any atom is -0.467 e. The van der Waals surface area contributed by atoms with Crippen molar-refractivity contribution < 1.29 is 44.2 Å². The Morgan fingerprint density at radius 3 is 2.43 bits per heavy atom. The second-order valence-corrected chi connectivity index (χ2v) is 13.9. The molecule has 2 heterocycles. The molecule has 18 heteroatoms. The van der Waals surface area contributed by atoms with Gasteiger partial charge >= 0.3 is 0 Å². The van der Waals surface area contributed by atoms with Gasteiger partial charge in [-0.15, -0.1) is 0 Å². The second-order valence-electron chi connectivity index (χ2n) is 13.9. The number of rotatable bonds is 12. The maximum absolute atomic E-state index is 13.3. The maximum Gasteiger partial charge on any atom is 0.254 e. The van der Waals surface area contributed by atoms with Gasteiger partial charge in [0, 0.05) is 18.5 Å². The van der Waals surface area contributed by atoms with Gasteiger partial charge in [-0.25, -0.2) is 0 Å². The lowest BCUT2D eigenvalue weighted by atomic mass is 9.81. The summed E-state index contributed by atoms with van der Waals surface area (Å²) in [6.45, 7) is 2.18. The van der Waals surface area contributed by atoms with Gasteiger partial charge in [0.25, 0.3) is 5.91 Å². The zero-order valence-corrected chi connectivity index (χ0v) is 26.9. The molecule has 0 spiro atoms. The van der Waals surface area contributed by atoms with Gasteiger partial charge in [0.1, 0.15) is 35.8 Å². The number of guanidine groups is 1. The highest BCUT2D eigenvalue weighted by atomic mass is 16.7. The van der Waals surface area contributed by atoms with Crippen LogP contribution in [0, 0.1) is 11.3 Å². The number of aliphatic hydroxyl groups excluding tert-OH is 2. The topological polar surface area (TPSA) is 311 Å². The van der Waals surface area contributed by atoms with Crippen LogP contribution >= 0.6 is 0 Å². The first-order valence-corrected chi connectivity index (χ1v) is 16.3. The fourth-order valence-corrected chi connectivity index (χ4v) is 7.12. The Morgan fingerprint density at radius 1 is 1.09 bits per heavy atom. The van der Waals surface area contributed by atoms with Crippen LogP contribution < -0.4 is 44.2 Å². The molecular weight excluding hydrogens is 618 g/mol. The summed E-state index contributed by atoms with van der Waals surface area (Å²) < 4.78 is 24.4. The average molecular weight is 672 g/mol. The lowest BCUT2D eigenvalue weighted by Crippen LogP contribution is -2.69. The van der Waals surface area contributed by atoms with Crippen LogP contribution in [0.3, 0.4) is 0 Å². The highest BCUT2D eigenvalue weighted by molar-refractivity contribution is 5.91. The molecule has 268 valence electrons. The maximum atomic E-state index is 13.3. The summed E-state index contributed by atoms with van der Waals surface area (Å²) in [5, 5.41) is 63.6. The first kappa shape index (κ1) is 36.1. The van der Waals surface area contributed by atoms with E-state index in [0.29, 0.717) is 24.6 Å². The van der Waals surface area contributed by atoms with Gasteiger partial charge < -0.3 is 83.6 Å². The molecule has 1 saturated heterocycles. The van der Waals surface area contributed by atoms with Crippen molar-refractivity contribution in [1.29, 1.82) is 5.41 Å². The highest BCUT2D eigenvalue weighted by Gasteiger charge is 2.61. The van der Waals surface area contributed by atoms with Crippen molar-refractivity contribution in [2.75, 3.05) is 26.7 Å². The van der Waals surface area contributed by atoms with E-state index in [1.165, 1.54) is 6.92 Å². The zero-order chi connectivity index (χ0) is 34.3. The van der Waals surface area contributed by atoms with Crippen LogP contribution in [0.1, 0.15) is 39.0 Å². The SMILES string of the molecule is CN[C@@H]1[C@@H](O)[C@@H](O[C@H]2[C@H](NC(=O)C3(O)CC3NC(=N)N)C[C@H](N)C(O[C@H]3OC(CN)=CC[C@H]3NCC3CC(N)C3)[C@@H]2O)OC[C@]1(C)O. The summed E-state index contributed by atoms with van der Waals surface area (Å²) in [7, 11) is 1.58. The summed E-state index contributed by atoms with van der Waals surface area (Å²) in [6, 6.07) is -3.49. The van der Waals surface area contributed by atoms with Crippen molar-refractivity contribution in [3.63, 3.8) is 0 Å². The number of carbonyl (C=O) groups excluding carboxylic acids is 1. The lowest BCUT2D eigenvalue weighted by molar-refractivity contribution is -0.304. The van der Waals surface area contributed by atoms with E-state index >= 15 is 0 Å². The van der Waals surface area contributed by atoms with Crippen molar-refractivity contribution in [2.45, 2.75) is 123 Å². The van der Waals surface area contributed by atoms with Gasteiger partial charge in [-0.2, -0.15) is 0 Å². The molecule has 0 aromatic rings. The Morgan fingerprint density at radius 2 is 1.79 bits per heavy atom. The normalized spacial score (nSPS) is 46.4. The van der Waals surface area contributed by atoms with Crippen LogP contribution in [0.25, 0.3) is 0 Å². The van der Waals surface area contributed by atoms with E-state index in [0.717, 1.165) is 12.8 Å². The number of nitrogens with one attached hydrogen (secondary N) is 5. The summed E-state index contributed by atoms with van der Waals surface area (Å²) in [4.78, 5) is 13.3. The minimum absolute atomic E-state index is 0.0115. The molecule has 3 unspecified atom stereocenters. The van der Waals surface area contributed by atoms with Crippen LogP contribution in [0.2, 0.25) is 0 Å². The predicted molar refractivity (Wildman–Crippen MR) is 167 cm³/mol. The van der Waals surface area contributed by atoms with Gasteiger partial charge in [0.15, 0.2) is 17.9 Å². The van der Waals surface area contributed by atoms with Gasteiger partial charge in [-0.05, 0) is 58.2 Å². The molecule has 3 aliphatic carbocycles. The molecule has 17 N–H and O–H groups in total. The van der Waals surface area contributed by atoms with Gasteiger partial charge in [-0.1, -0.05) is 0 Å². The van der Waals surface area contributed by atoms with E-state index in [-0.39, 0.29) is 38.1 Å². The Hall–Kier alpha value is -2.20. The van der Waals surface area contributed by atoms with Crippen LogP contribution in [0.15, 0.2) is 11.8 Å². The zero-order valence-electron chi connectivity index (χ0n) is 26.9. The fraction of sp³-hybridized carbons (Fsp3) is 0.862. The Kier molecular flexibility index (Phi) is 11.0. The molecule has 0 bridgehead atoms. The molecule has 5 aliphatic rings. The highest BCUT2D eigenvalue weighted by Crippen LogP contribution is 2.38. The Balaban J connectivity index is 1.34. The second kappa shape index (κ2) is 14.3. The largest absolute Gasteiger partial charge is 0.467 e. The molecule has 1 amide bonds. The molecule has 47 heavy (non-hydrogen) atoms. The number of ether oxygens (including phenoxy) is 4. The fourth-order valence-electron chi connectivity index (χ4n) is 7.12. The van der Waals surface area contributed by atoms with E-state index in [9.17, 15) is 25.2 Å². The number of carbonyl (C=O) groups is 1. The van der Waals surface area contributed by atoms with E-state index in [2.05, 4.69) is 21.3 Å². The van der Waals surface area contributed by atoms with Gasteiger partial charge in [0.05, 0.1) is 37.3 Å². The average Bonchev–Trinajstić information content (AvgIpc) is 3.65. The smallest absolute Gasteiger partial charge is 0.254 e. The van der Waals surface area contributed by atoms with E-state index in [4.69, 9.17) is 47.3 Å². The monoisotopic (exact) mass is 671 g/mol. The number of amides is 1. The minimum atomic E-state index is -1.85. The third-order valence-electron chi connectivity index (χ3n) is 10.1. The van der Waals surface area contributed by atoms with Crippen molar-refractivity contribution in [1.82, 2.24) is 21.3 Å². The summed E-state index contributed by atoms with van der Waals surface area (Å²) in [5.74, 6) is -0.199. The van der Waals surface area contributed by atoms with E-state index in [1.54, 1.807) is 7.05 Å². The molecule has 3 saturated carbocycles. The standard InChI is InChI=1S/C29H53N9O9/c1-28(42)11-44-25(20(40)23(28)35-2)47-22-17(37-26(41)29(43)8-18(29)38-27(33)34)7-15(32)21(19(22)39)46-24-16(4-3-14(9-30)45-24)36-10-12-5-13(31)6-12/h3,12-13,15-25,35-36,39-40,42-43H,4-11,30-32H2,1-2H3,(H,37,41)(H4,33,34,38)/t12?,13?,15-,16+,17+,18?,19-,20+,21?,22-,23+,24+,25+,28-,29?/m0/s1. The number of hydrogen-bond donors (Lipinski definition) is 13. The quantitative estimate of drug-likeness (QED) is 0.0680. The van der Waals surface area contributed by atoms with Crippen LogP contribution in [0.5, 0.6) is 0 Å². The van der Waals surface area contributed by atoms with Gasteiger partial charge in [-0.3, -0.25) is 10.2 Å². The van der Waals surface area contributed by atoms with Crippen molar-refractivity contribution >= 4 is 11.9 Å².